The molecule has 2 aromatic rings. The Balaban J connectivity index is 0.00000225. The normalized spacial score (nSPS) is 12.3. The molecule has 0 aromatic heterocycles. The summed E-state index contributed by atoms with van der Waals surface area (Å²) in [6, 6.07) is 10.7. The van der Waals surface area contributed by atoms with Crippen molar-refractivity contribution in [3.8, 4) is 17.2 Å². The lowest BCUT2D eigenvalue weighted by Gasteiger charge is -2.15. The van der Waals surface area contributed by atoms with Crippen LogP contribution in [0, 0.1) is 0 Å². The van der Waals surface area contributed by atoms with Crippen LogP contribution in [-0.2, 0) is 25.9 Å². The molecule has 0 fully saturated rings. The number of rotatable bonds is 7. The zero-order valence-electron chi connectivity index (χ0n) is 15.1. The second-order valence-corrected chi connectivity index (χ2v) is 6.08. The minimum absolute atomic E-state index is 0. The van der Waals surface area contributed by atoms with Gasteiger partial charge in [-0.2, -0.15) is 0 Å². The van der Waals surface area contributed by atoms with Crippen molar-refractivity contribution in [3.05, 3.63) is 52.6 Å². The van der Waals surface area contributed by atoms with Gasteiger partial charge in [0, 0.05) is 24.7 Å². The standard InChI is InChI=1S/C20H25NO3.ClH/c1-22-18-11-20(24-3)19(23-2)10-17(18)13-21-12-14-7-8-15-5-4-6-16(15)9-14;/h7-11,21H,4-6,12-13H2,1-3H3;1H. The van der Waals surface area contributed by atoms with Gasteiger partial charge in [-0.05, 0) is 42.0 Å². The van der Waals surface area contributed by atoms with Gasteiger partial charge in [0.25, 0.3) is 0 Å². The summed E-state index contributed by atoms with van der Waals surface area (Å²) in [6.07, 6.45) is 3.73. The predicted octanol–water partition coefficient (Wildman–Crippen LogP) is 3.91. The van der Waals surface area contributed by atoms with E-state index in [1.807, 2.05) is 12.1 Å². The summed E-state index contributed by atoms with van der Waals surface area (Å²) < 4.78 is 16.2. The molecule has 0 bridgehead atoms. The largest absolute Gasteiger partial charge is 0.496 e. The molecule has 1 N–H and O–H groups in total. The molecule has 0 radical (unpaired) electrons. The maximum Gasteiger partial charge on any atom is 0.164 e. The third-order valence-electron chi connectivity index (χ3n) is 4.59. The van der Waals surface area contributed by atoms with E-state index in [-0.39, 0.29) is 12.4 Å². The second-order valence-electron chi connectivity index (χ2n) is 6.08. The zero-order chi connectivity index (χ0) is 16.9. The van der Waals surface area contributed by atoms with Crippen molar-refractivity contribution < 1.29 is 14.2 Å². The lowest BCUT2D eigenvalue weighted by atomic mass is 10.1. The van der Waals surface area contributed by atoms with E-state index < -0.39 is 0 Å². The molecule has 3 rings (SSSR count). The molecular weight excluding hydrogens is 338 g/mol. The van der Waals surface area contributed by atoms with Gasteiger partial charge in [-0.15, -0.1) is 12.4 Å². The minimum atomic E-state index is 0. The van der Waals surface area contributed by atoms with Gasteiger partial charge in [-0.25, -0.2) is 0 Å². The SMILES string of the molecule is COc1cc(OC)c(OC)cc1CNCc1ccc2c(c1)CCC2.Cl. The summed E-state index contributed by atoms with van der Waals surface area (Å²) in [6.45, 7) is 1.55. The molecule has 5 heteroatoms. The maximum atomic E-state index is 5.48. The van der Waals surface area contributed by atoms with Gasteiger partial charge in [0.1, 0.15) is 5.75 Å². The van der Waals surface area contributed by atoms with Crippen molar-refractivity contribution in [2.24, 2.45) is 0 Å². The first kappa shape index (κ1) is 19.4. The van der Waals surface area contributed by atoms with Gasteiger partial charge < -0.3 is 19.5 Å². The van der Waals surface area contributed by atoms with Crippen molar-refractivity contribution in [1.82, 2.24) is 5.32 Å². The molecule has 1 aliphatic rings. The molecule has 0 unspecified atom stereocenters. The van der Waals surface area contributed by atoms with E-state index >= 15 is 0 Å². The van der Waals surface area contributed by atoms with Crippen LogP contribution in [0.1, 0.15) is 28.7 Å². The van der Waals surface area contributed by atoms with Crippen molar-refractivity contribution in [2.45, 2.75) is 32.4 Å². The minimum Gasteiger partial charge on any atom is -0.496 e. The van der Waals surface area contributed by atoms with E-state index in [2.05, 4.69) is 23.5 Å². The molecule has 4 nitrogen and oxygen atoms in total. The topological polar surface area (TPSA) is 39.7 Å². The summed E-state index contributed by atoms with van der Waals surface area (Å²) in [4.78, 5) is 0. The molecule has 25 heavy (non-hydrogen) atoms. The number of fused-ring (bicyclic) bond motifs is 1. The maximum absolute atomic E-state index is 5.48. The number of halogens is 1. The average molecular weight is 364 g/mol. The highest BCUT2D eigenvalue weighted by molar-refractivity contribution is 5.85. The van der Waals surface area contributed by atoms with Crippen molar-refractivity contribution in [1.29, 1.82) is 0 Å². The highest BCUT2D eigenvalue weighted by Crippen LogP contribution is 2.34. The number of methoxy groups -OCH3 is 3. The van der Waals surface area contributed by atoms with Crippen molar-refractivity contribution in [3.63, 3.8) is 0 Å². The van der Waals surface area contributed by atoms with E-state index in [1.165, 1.54) is 36.0 Å². The van der Waals surface area contributed by atoms with Gasteiger partial charge in [-0.1, -0.05) is 18.2 Å². The summed E-state index contributed by atoms with van der Waals surface area (Å²) in [5.74, 6) is 2.19. The number of hydrogen-bond donors (Lipinski definition) is 1. The third kappa shape index (κ3) is 4.39. The smallest absolute Gasteiger partial charge is 0.164 e. The Kier molecular flexibility index (Phi) is 6.97. The zero-order valence-corrected chi connectivity index (χ0v) is 15.9. The van der Waals surface area contributed by atoms with Gasteiger partial charge >= 0.3 is 0 Å². The molecular formula is C20H26ClNO3. The Hall–Kier alpha value is -1.91. The Bertz CT molecular complexity index is 718. The molecule has 0 heterocycles. The predicted molar refractivity (Wildman–Crippen MR) is 102 cm³/mol. The van der Waals surface area contributed by atoms with Crippen LogP contribution in [-0.4, -0.2) is 21.3 Å². The summed E-state index contributed by atoms with van der Waals surface area (Å²) in [5, 5.41) is 3.50. The first-order chi connectivity index (χ1) is 11.7. The summed E-state index contributed by atoms with van der Waals surface area (Å²) in [5.41, 5.74) is 5.41. The van der Waals surface area contributed by atoms with E-state index in [0.29, 0.717) is 18.0 Å². The van der Waals surface area contributed by atoms with Crippen LogP contribution in [0.15, 0.2) is 30.3 Å². The van der Waals surface area contributed by atoms with E-state index in [0.717, 1.165) is 17.9 Å². The Morgan fingerprint density at radius 1 is 0.800 bits per heavy atom. The number of ether oxygens (including phenoxy) is 3. The first-order valence-electron chi connectivity index (χ1n) is 8.35. The summed E-state index contributed by atoms with van der Waals surface area (Å²) in [7, 11) is 4.94. The molecule has 0 atom stereocenters. The molecule has 2 aromatic carbocycles. The van der Waals surface area contributed by atoms with Crippen LogP contribution in [0.4, 0.5) is 0 Å². The molecule has 0 amide bonds. The van der Waals surface area contributed by atoms with Crippen LogP contribution >= 0.6 is 12.4 Å². The fourth-order valence-electron chi connectivity index (χ4n) is 3.31. The van der Waals surface area contributed by atoms with Crippen molar-refractivity contribution >= 4 is 12.4 Å². The highest BCUT2D eigenvalue weighted by atomic mass is 35.5. The number of nitrogens with one attached hydrogen (secondary N) is 1. The third-order valence-corrected chi connectivity index (χ3v) is 4.59. The second kappa shape index (κ2) is 8.97. The van der Waals surface area contributed by atoms with Crippen LogP contribution in [0.3, 0.4) is 0 Å². The van der Waals surface area contributed by atoms with Gasteiger partial charge in [-0.3, -0.25) is 0 Å². The number of aryl methyl sites for hydroxylation is 2. The molecule has 0 saturated heterocycles. The lowest BCUT2D eigenvalue weighted by Crippen LogP contribution is -2.14. The molecule has 0 saturated carbocycles. The molecule has 0 spiro atoms. The molecule has 136 valence electrons. The van der Waals surface area contributed by atoms with Crippen molar-refractivity contribution in [2.75, 3.05) is 21.3 Å². The van der Waals surface area contributed by atoms with Gasteiger partial charge in [0.15, 0.2) is 11.5 Å². The fraction of sp³-hybridized carbons (Fsp3) is 0.400. The van der Waals surface area contributed by atoms with E-state index in [9.17, 15) is 0 Å². The Morgan fingerprint density at radius 2 is 1.48 bits per heavy atom. The first-order valence-corrected chi connectivity index (χ1v) is 8.35. The Labute approximate surface area is 155 Å². The van der Waals surface area contributed by atoms with Crippen LogP contribution < -0.4 is 19.5 Å². The lowest BCUT2D eigenvalue weighted by molar-refractivity contribution is 0.347. The number of hydrogen-bond acceptors (Lipinski definition) is 4. The highest BCUT2D eigenvalue weighted by Gasteiger charge is 2.13. The van der Waals surface area contributed by atoms with Gasteiger partial charge in [0.2, 0.25) is 0 Å². The summed E-state index contributed by atoms with van der Waals surface area (Å²) >= 11 is 0. The average Bonchev–Trinajstić information content (AvgIpc) is 3.09. The Morgan fingerprint density at radius 3 is 2.20 bits per heavy atom. The van der Waals surface area contributed by atoms with E-state index in [4.69, 9.17) is 14.2 Å². The molecule has 0 aliphatic heterocycles. The van der Waals surface area contributed by atoms with Crippen LogP contribution in [0.2, 0.25) is 0 Å². The molecule has 1 aliphatic carbocycles. The van der Waals surface area contributed by atoms with Crippen LogP contribution in [0.5, 0.6) is 17.2 Å². The quantitative estimate of drug-likeness (QED) is 0.809. The van der Waals surface area contributed by atoms with Crippen LogP contribution in [0.25, 0.3) is 0 Å². The number of benzene rings is 2. The van der Waals surface area contributed by atoms with E-state index in [1.54, 1.807) is 21.3 Å². The fourth-order valence-corrected chi connectivity index (χ4v) is 3.31. The monoisotopic (exact) mass is 363 g/mol. The van der Waals surface area contributed by atoms with Gasteiger partial charge in [0.05, 0.1) is 21.3 Å².